The lowest BCUT2D eigenvalue weighted by atomic mass is 9.88. The molecule has 7 nitrogen and oxygen atoms in total. The first kappa shape index (κ1) is 15.7. The van der Waals surface area contributed by atoms with Gasteiger partial charge in [-0.25, -0.2) is 4.79 Å². The quantitative estimate of drug-likeness (QED) is 0.742. The van der Waals surface area contributed by atoms with Crippen LogP contribution in [0, 0.1) is 0 Å². The molecule has 0 unspecified atom stereocenters. The molecule has 1 amide bonds. The molecule has 0 radical (unpaired) electrons. The summed E-state index contributed by atoms with van der Waals surface area (Å²) in [6, 6.07) is -0.868. The lowest BCUT2D eigenvalue weighted by Crippen LogP contribution is -2.55. The van der Waals surface area contributed by atoms with Crippen molar-refractivity contribution in [2.75, 3.05) is 6.61 Å². The maximum Gasteiger partial charge on any atom is 0.336 e. The van der Waals surface area contributed by atoms with Gasteiger partial charge < -0.3 is 19.5 Å². The Morgan fingerprint density at radius 2 is 2.05 bits per heavy atom. The van der Waals surface area contributed by atoms with Gasteiger partial charge in [-0.3, -0.25) is 9.59 Å². The predicted molar refractivity (Wildman–Crippen MR) is 71.2 cm³/mol. The number of carbonyl (C=O) groups is 3. The third kappa shape index (κ3) is 3.14. The molecule has 0 spiro atoms. The van der Waals surface area contributed by atoms with Gasteiger partial charge in [0.05, 0.1) is 12.2 Å². The van der Waals surface area contributed by atoms with Gasteiger partial charge in [-0.1, -0.05) is 0 Å². The highest BCUT2D eigenvalue weighted by atomic mass is 16.8. The van der Waals surface area contributed by atoms with Crippen LogP contribution >= 0.6 is 0 Å². The van der Waals surface area contributed by atoms with Crippen molar-refractivity contribution in [3.05, 3.63) is 11.6 Å². The van der Waals surface area contributed by atoms with E-state index in [1.165, 1.54) is 13.0 Å². The topological polar surface area (TPSA) is 90.9 Å². The molecule has 1 fully saturated rings. The van der Waals surface area contributed by atoms with E-state index in [0.717, 1.165) is 0 Å². The van der Waals surface area contributed by atoms with Crippen LogP contribution in [-0.4, -0.2) is 48.3 Å². The number of amides is 1. The van der Waals surface area contributed by atoms with E-state index in [2.05, 4.69) is 5.32 Å². The Morgan fingerprint density at radius 1 is 1.38 bits per heavy atom. The van der Waals surface area contributed by atoms with Crippen molar-refractivity contribution in [2.45, 2.75) is 51.7 Å². The summed E-state index contributed by atoms with van der Waals surface area (Å²) in [5.41, 5.74) is 0.124. The molecule has 1 aliphatic carbocycles. The number of rotatable bonds is 3. The van der Waals surface area contributed by atoms with E-state index in [9.17, 15) is 14.4 Å². The number of nitrogens with one attached hydrogen (secondary N) is 1. The highest BCUT2D eigenvalue weighted by Gasteiger charge is 2.53. The summed E-state index contributed by atoms with van der Waals surface area (Å²) in [7, 11) is 0. The van der Waals surface area contributed by atoms with E-state index in [-0.39, 0.29) is 18.1 Å². The first-order chi connectivity index (χ1) is 9.75. The molecule has 2 aliphatic rings. The molecule has 0 saturated carbocycles. The standard InChI is InChI=1S/C14H19NO6/c1-5-19-13(18)8-6-9(17)10(15-7(2)16)12-11(8)20-14(3,4)21-12/h6,10-12H,5H2,1-4H3,(H,15,16)/t10-,11-,12+/m1/s1. The molecule has 1 heterocycles. The highest BCUT2D eigenvalue weighted by molar-refractivity contribution is 6.05. The number of carbonyl (C=O) groups excluding carboxylic acids is 3. The van der Waals surface area contributed by atoms with Crippen LogP contribution in [0.1, 0.15) is 27.7 Å². The van der Waals surface area contributed by atoms with E-state index >= 15 is 0 Å². The third-order valence-electron chi connectivity index (χ3n) is 3.24. The molecule has 0 aromatic heterocycles. The predicted octanol–water partition coefficient (Wildman–Crippen LogP) is 0.0834. The Kier molecular flexibility index (Phi) is 4.15. The Bertz CT molecular complexity index is 510. The fourth-order valence-electron chi connectivity index (χ4n) is 2.52. The van der Waals surface area contributed by atoms with Crippen LogP contribution in [0.2, 0.25) is 0 Å². The van der Waals surface area contributed by atoms with E-state index in [4.69, 9.17) is 14.2 Å². The first-order valence-corrected chi connectivity index (χ1v) is 6.80. The Hall–Kier alpha value is -1.73. The Labute approximate surface area is 122 Å². The lowest BCUT2D eigenvalue weighted by molar-refractivity contribution is -0.150. The smallest absolute Gasteiger partial charge is 0.336 e. The molecule has 0 aromatic carbocycles. The molecule has 1 saturated heterocycles. The van der Waals surface area contributed by atoms with Crippen LogP contribution in [0.25, 0.3) is 0 Å². The summed E-state index contributed by atoms with van der Waals surface area (Å²) in [5.74, 6) is -2.32. The number of esters is 1. The second kappa shape index (κ2) is 5.57. The molecule has 0 bridgehead atoms. The fraction of sp³-hybridized carbons (Fsp3) is 0.643. The van der Waals surface area contributed by atoms with E-state index in [0.29, 0.717) is 0 Å². The summed E-state index contributed by atoms with van der Waals surface area (Å²) >= 11 is 0. The SMILES string of the molecule is CCOC(=O)C1=CC(=O)[C@@H](NC(C)=O)[C@@H]2OC(C)(C)O[C@H]12. The van der Waals surface area contributed by atoms with Crippen molar-refractivity contribution >= 4 is 17.7 Å². The summed E-state index contributed by atoms with van der Waals surface area (Å²) in [4.78, 5) is 35.4. The molecular weight excluding hydrogens is 278 g/mol. The maximum atomic E-state index is 12.2. The maximum absolute atomic E-state index is 12.2. The molecular formula is C14H19NO6. The van der Waals surface area contributed by atoms with Crippen molar-refractivity contribution < 1.29 is 28.6 Å². The molecule has 0 aromatic rings. The van der Waals surface area contributed by atoms with Gasteiger partial charge in [-0.15, -0.1) is 0 Å². The van der Waals surface area contributed by atoms with Crippen molar-refractivity contribution in [1.29, 1.82) is 0 Å². The second-order valence-electron chi connectivity index (χ2n) is 5.42. The van der Waals surface area contributed by atoms with Crippen LogP contribution in [0.5, 0.6) is 0 Å². The molecule has 1 N–H and O–H groups in total. The molecule has 7 heteroatoms. The van der Waals surface area contributed by atoms with E-state index in [1.54, 1.807) is 20.8 Å². The minimum Gasteiger partial charge on any atom is -0.463 e. The first-order valence-electron chi connectivity index (χ1n) is 6.80. The van der Waals surface area contributed by atoms with Gasteiger partial charge in [0.25, 0.3) is 0 Å². The summed E-state index contributed by atoms with van der Waals surface area (Å²) in [6.07, 6.45) is -0.320. The van der Waals surface area contributed by atoms with Crippen LogP contribution in [0.4, 0.5) is 0 Å². The van der Waals surface area contributed by atoms with E-state index in [1.807, 2.05) is 0 Å². The summed E-state index contributed by atoms with van der Waals surface area (Å²) in [5, 5.41) is 2.54. The number of ketones is 1. The van der Waals surface area contributed by atoms with Gasteiger partial charge in [-0.2, -0.15) is 0 Å². The molecule has 1 aliphatic heterocycles. The number of ether oxygens (including phenoxy) is 3. The van der Waals surface area contributed by atoms with Crippen molar-refractivity contribution in [1.82, 2.24) is 5.32 Å². The number of fused-ring (bicyclic) bond motifs is 1. The van der Waals surface area contributed by atoms with Crippen molar-refractivity contribution in [3.63, 3.8) is 0 Å². The summed E-state index contributed by atoms with van der Waals surface area (Å²) in [6.45, 7) is 6.55. The molecule has 116 valence electrons. The van der Waals surface area contributed by atoms with Crippen LogP contribution in [-0.2, 0) is 28.6 Å². The Balaban J connectivity index is 2.35. The average molecular weight is 297 g/mol. The molecule has 21 heavy (non-hydrogen) atoms. The molecule has 2 rings (SSSR count). The monoisotopic (exact) mass is 297 g/mol. The Morgan fingerprint density at radius 3 is 2.62 bits per heavy atom. The van der Waals surface area contributed by atoms with Gasteiger partial charge >= 0.3 is 5.97 Å². The van der Waals surface area contributed by atoms with Gasteiger partial charge in [0.15, 0.2) is 11.6 Å². The van der Waals surface area contributed by atoms with Gasteiger partial charge in [0, 0.05) is 6.92 Å². The fourth-order valence-corrected chi connectivity index (χ4v) is 2.52. The third-order valence-corrected chi connectivity index (χ3v) is 3.24. The number of hydrogen-bond donors (Lipinski definition) is 1. The zero-order valence-corrected chi connectivity index (χ0v) is 12.5. The van der Waals surface area contributed by atoms with Gasteiger partial charge in [0.2, 0.25) is 5.91 Å². The highest BCUT2D eigenvalue weighted by Crippen LogP contribution is 2.37. The van der Waals surface area contributed by atoms with Gasteiger partial charge in [0.1, 0.15) is 18.2 Å². The van der Waals surface area contributed by atoms with Crippen LogP contribution in [0.15, 0.2) is 11.6 Å². The minimum absolute atomic E-state index is 0.124. The van der Waals surface area contributed by atoms with Crippen LogP contribution in [0.3, 0.4) is 0 Å². The molecule has 3 atom stereocenters. The second-order valence-corrected chi connectivity index (χ2v) is 5.42. The number of hydrogen-bond acceptors (Lipinski definition) is 6. The zero-order chi connectivity index (χ0) is 15.8. The summed E-state index contributed by atoms with van der Waals surface area (Å²) < 4.78 is 16.3. The van der Waals surface area contributed by atoms with Crippen molar-refractivity contribution in [2.24, 2.45) is 0 Å². The lowest BCUT2D eigenvalue weighted by Gasteiger charge is -2.29. The average Bonchev–Trinajstić information content (AvgIpc) is 2.68. The largest absolute Gasteiger partial charge is 0.463 e. The minimum atomic E-state index is -0.956. The van der Waals surface area contributed by atoms with E-state index < -0.39 is 35.8 Å². The zero-order valence-electron chi connectivity index (χ0n) is 12.5. The van der Waals surface area contributed by atoms with Crippen molar-refractivity contribution in [3.8, 4) is 0 Å². The van der Waals surface area contributed by atoms with Crippen LogP contribution < -0.4 is 5.32 Å². The van der Waals surface area contributed by atoms with Gasteiger partial charge in [-0.05, 0) is 26.8 Å². The normalized spacial score (nSPS) is 30.4.